The summed E-state index contributed by atoms with van der Waals surface area (Å²) in [6, 6.07) is 12.0. The van der Waals surface area contributed by atoms with Crippen molar-refractivity contribution >= 4 is 27.1 Å². The van der Waals surface area contributed by atoms with Crippen LogP contribution in [0, 0.1) is 6.92 Å². The maximum absolute atomic E-state index is 12.0. The Morgan fingerprint density at radius 2 is 1.79 bits per heavy atom. The van der Waals surface area contributed by atoms with Crippen LogP contribution in [0.25, 0.3) is 21.6 Å². The molecule has 6 nitrogen and oxygen atoms in total. The average molecular weight is 417 g/mol. The van der Waals surface area contributed by atoms with Crippen LogP contribution in [-0.2, 0) is 10.0 Å². The normalized spacial score (nSPS) is 11.4. The lowest BCUT2D eigenvalue weighted by Gasteiger charge is -2.11. The van der Waals surface area contributed by atoms with Crippen LogP contribution in [-0.4, -0.2) is 26.3 Å². The van der Waals surface area contributed by atoms with Gasteiger partial charge in [0.05, 0.1) is 22.6 Å². The first kappa shape index (κ1) is 20.2. The average Bonchev–Trinajstić information content (AvgIpc) is 3.08. The molecular weight excluding hydrogens is 396 g/mol. The smallest absolute Gasteiger partial charge is 0.238 e. The minimum atomic E-state index is -3.75. The highest BCUT2D eigenvalue weighted by Crippen LogP contribution is 2.37. The van der Waals surface area contributed by atoms with E-state index in [4.69, 9.17) is 9.88 Å². The highest BCUT2D eigenvalue weighted by atomic mass is 32.2. The molecule has 0 unspecified atom stereocenters. The van der Waals surface area contributed by atoms with Crippen molar-refractivity contribution in [3.63, 3.8) is 0 Å². The minimum absolute atomic E-state index is 0.0201. The van der Waals surface area contributed by atoms with Crippen molar-refractivity contribution in [2.45, 2.75) is 25.2 Å². The Bertz CT molecular complexity index is 1130. The number of hydrogen-bond acceptors (Lipinski definition) is 6. The van der Waals surface area contributed by atoms with Gasteiger partial charge in [-0.15, -0.1) is 11.3 Å². The fraction of sp³-hybridized carbons (Fsp3) is 0.200. The molecular formula is C20H20N2O4S2. The standard InChI is InChI=1S/C20H20N2O4S2/c1-4-17(23)20-22-12(2)19(27-20)14-7-10-18(26-3)16(11-14)13-5-8-15(9-6-13)28(21,24)25/h5-11H,4H2,1-3H3,(H2,21,24,25). The fourth-order valence-corrected chi connectivity index (χ4v) is 4.42. The second kappa shape index (κ2) is 7.83. The summed E-state index contributed by atoms with van der Waals surface area (Å²) in [7, 11) is -2.18. The Labute approximate surface area is 168 Å². The summed E-state index contributed by atoms with van der Waals surface area (Å²) in [5, 5.41) is 5.68. The van der Waals surface area contributed by atoms with Gasteiger partial charge in [0.25, 0.3) is 0 Å². The van der Waals surface area contributed by atoms with Crippen LogP contribution < -0.4 is 9.88 Å². The van der Waals surface area contributed by atoms with Gasteiger partial charge in [-0.05, 0) is 48.4 Å². The predicted molar refractivity (Wildman–Crippen MR) is 110 cm³/mol. The molecule has 28 heavy (non-hydrogen) atoms. The molecule has 0 aliphatic rings. The third-order valence-corrected chi connectivity index (χ3v) is 6.49. The predicted octanol–water partition coefficient (Wildman–Crippen LogP) is 4.03. The van der Waals surface area contributed by atoms with Gasteiger partial charge in [0, 0.05) is 12.0 Å². The van der Waals surface area contributed by atoms with E-state index in [2.05, 4.69) is 4.98 Å². The number of benzene rings is 2. The van der Waals surface area contributed by atoms with Gasteiger partial charge < -0.3 is 4.74 Å². The number of nitrogens with zero attached hydrogens (tertiary/aromatic N) is 1. The third-order valence-electron chi connectivity index (χ3n) is 4.31. The van der Waals surface area contributed by atoms with Gasteiger partial charge in [-0.3, -0.25) is 4.79 Å². The second-order valence-electron chi connectivity index (χ2n) is 6.19. The molecule has 0 aliphatic carbocycles. The Morgan fingerprint density at radius 1 is 1.14 bits per heavy atom. The van der Waals surface area contributed by atoms with Crippen LogP contribution in [0.1, 0.15) is 28.8 Å². The molecule has 0 bridgehead atoms. The molecule has 0 saturated carbocycles. The molecule has 0 spiro atoms. The third kappa shape index (κ3) is 3.99. The number of methoxy groups -OCH3 is 1. The Hall–Kier alpha value is -2.55. The van der Waals surface area contributed by atoms with Gasteiger partial charge in [0.1, 0.15) is 5.75 Å². The molecule has 2 N–H and O–H groups in total. The number of aryl methyl sites for hydroxylation is 1. The van der Waals surface area contributed by atoms with E-state index in [0.717, 1.165) is 27.3 Å². The van der Waals surface area contributed by atoms with Crippen molar-refractivity contribution in [3.05, 3.63) is 53.2 Å². The Kier molecular flexibility index (Phi) is 5.64. The zero-order valence-corrected chi connectivity index (χ0v) is 17.4. The van der Waals surface area contributed by atoms with E-state index in [0.29, 0.717) is 17.2 Å². The number of ketones is 1. The summed E-state index contributed by atoms with van der Waals surface area (Å²) in [6.07, 6.45) is 0.413. The van der Waals surface area contributed by atoms with E-state index in [1.54, 1.807) is 19.2 Å². The number of aromatic nitrogens is 1. The van der Waals surface area contributed by atoms with Crippen molar-refractivity contribution in [2.75, 3.05) is 7.11 Å². The van der Waals surface area contributed by atoms with E-state index >= 15 is 0 Å². The number of Topliss-reactive ketones (excluding diaryl/α,β-unsaturated/α-hetero) is 1. The highest BCUT2D eigenvalue weighted by Gasteiger charge is 2.17. The van der Waals surface area contributed by atoms with E-state index in [1.807, 2.05) is 32.0 Å². The largest absolute Gasteiger partial charge is 0.496 e. The molecule has 0 aliphatic heterocycles. The maximum atomic E-state index is 12.0. The quantitative estimate of drug-likeness (QED) is 0.612. The van der Waals surface area contributed by atoms with Crippen LogP contribution in [0.3, 0.4) is 0 Å². The fourth-order valence-electron chi connectivity index (χ4n) is 2.83. The van der Waals surface area contributed by atoms with Crippen molar-refractivity contribution in [2.24, 2.45) is 5.14 Å². The van der Waals surface area contributed by atoms with Crippen LogP contribution >= 0.6 is 11.3 Å². The minimum Gasteiger partial charge on any atom is -0.496 e. The number of carbonyl (C=O) groups excluding carboxylic acids is 1. The molecule has 1 heterocycles. The van der Waals surface area contributed by atoms with Gasteiger partial charge in [-0.2, -0.15) is 0 Å². The number of nitrogens with two attached hydrogens (primary N) is 1. The molecule has 3 aromatic rings. The molecule has 0 fully saturated rings. The summed E-state index contributed by atoms with van der Waals surface area (Å²) in [5.74, 6) is 0.672. The molecule has 0 radical (unpaired) electrons. The number of thiazole rings is 1. The number of primary sulfonamides is 1. The Balaban J connectivity index is 2.09. The first-order valence-corrected chi connectivity index (χ1v) is 10.9. The Morgan fingerprint density at radius 3 is 2.36 bits per heavy atom. The molecule has 3 rings (SSSR count). The molecule has 8 heteroatoms. The topological polar surface area (TPSA) is 99.3 Å². The van der Waals surface area contributed by atoms with Crippen LogP contribution in [0.2, 0.25) is 0 Å². The zero-order valence-electron chi connectivity index (χ0n) is 15.7. The van der Waals surface area contributed by atoms with Gasteiger partial charge in [-0.1, -0.05) is 19.1 Å². The van der Waals surface area contributed by atoms with E-state index in [-0.39, 0.29) is 10.7 Å². The van der Waals surface area contributed by atoms with Crippen molar-refractivity contribution in [1.29, 1.82) is 0 Å². The van der Waals surface area contributed by atoms with Gasteiger partial charge in [0.2, 0.25) is 10.0 Å². The number of sulfonamides is 1. The summed E-state index contributed by atoms with van der Waals surface area (Å²) < 4.78 is 28.4. The van der Waals surface area contributed by atoms with Crippen LogP contribution in [0.4, 0.5) is 0 Å². The molecule has 0 saturated heterocycles. The van der Waals surface area contributed by atoms with Crippen molar-refractivity contribution < 1.29 is 17.9 Å². The molecule has 0 amide bonds. The molecule has 2 aromatic carbocycles. The zero-order chi connectivity index (χ0) is 20.5. The molecule has 146 valence electrons. The number of carbonyl (C=O) groups is 1. The SMILES string of the molecule is CCC(=O)c1nc(C)c(-c2ccc(OC)c(-c3ccc(S(N)(=O)=O)cc3)c2)s1. The van der Waals surface area contributed by atoms with Crippen LogP contribution in [0.15, 0.2) is 47.4 Å². The second-order valence-corrected chi connectivity index (χ2v) is 8.76. The number of rotatable bonds is 6. The first-order valence-electron chi connectivity index (χ1n) is 8.57. The number of hydrogen-bond donors (Lipinski definition) is 1. The number of ether oxygens (including phenoxy) is 1. The lowest BCUT2D eigenvalue weighted by molar-refractivity contribution is 0.0987. The summed E-state index contributed by atoms with van der Waals surface area (Å²) in [5.41, 5.74) is 3.30. The van der Waals surface area contributed by atoms with Gasteiger partial charge >= 0.3 is 0 Å². The van der Waals surface area contributed by atoms with Gasteiger partial charge in [0.15, 0.2) is 10.8 Å². The summed E-state index contributed by atoms with van der Waals surface area (Å²) in [6.45, 7) is 3.69. The maximum Gasteiger partial charge on any atom is 0.238 e. The highest BCUT2D eigenvalue weighted by molar-refractivity contribution is 7.89. The monoisotopic (exact) mass is 416 g/mol. The van der Waals surface area contributed by atoms with Crippen LogP contribution in [0.5, 0.6) is 5.75 Å². The van der Waals surface area contributed by atoms with Crippen molar-refractivity contribution in [1.82, 2.24) is 4.98 Å². The lowest BCUT2D eigenvalue weighted by Crippen LogP contribution is -2.11. The summed E-state index contributed by atoms with van der Waals surface area (Å²) >= 11 is 1.37. The molecule has 1 aromatic heterocycles. The lowest BCUT2D eigenvalue weighted by atomic mass is 10.0. The summed E-state index contributed by atoms with van der Waals surface area (Å²) in [4.78, 5) is 17.3. The first-order chi connectivity index (χ1) is 13.2. The van der Waals surface area contributed by atoms with Crippen molar-refractivity contribution in [3.8, 4) is 27.3 Å². The molecule has 0 atom stereocenters. The van der Waals surface area contributed by atoms with E-state index in [1.165, 1.54) is 23.5 Å². The van der Waals surface area contributed by atoms with E-state index < -0.39 is 10.0 Å². The van der Waals surface area contributed by atoms with Gasteiger partial charge in [-0.25, -0.2) is 18.5 Å². The van der Waals surface area contributed by atoms with E-state index in [9.17, 15) is 13.2 Å².